The first kappa shape index (κ1) is 14.3. The van der Waals surface area contributed by atoms with Crippen molar-refractivity contribution in [2.24, 2.45) is 5.92 Å². The highest BCUT2D eigenvalue weighted by molar-refractivity contribution is 5.31. The highest BCUT2D eigenvalue weighted by Gasteiger charge is 2.20. The molecule has 1 aliphatic rings. The summed E-state index contributed by atoms with van der Waals surface area (Å²) in [7, 11) is 3.45. The minimum atomic E-state index is -0.274. The number of methoxy groups -OCH3 is 1. The van der Waals surface area contributed by atoms with E-state index in [-0.39, 0.29) is 11.9 Å². The highest BCUT2D eigenvalue weighted by atomic mass is 19.1. The zero-order valence-corrected chi connectivity index (χ0v) is 11.9. The first-order valence-electron chi connectivity index (χ1n) is 7.25. The fraction of sp³-hybridized carbons (Fsp3) is 0.625. The van der Waals surface area contributed by atoms with E-state index in [1.165, 1.54) is 39.2 Å². The second-order valence-electron chi connectivity index (χ2n) is 5.47. The summed E-state index contributed by atoms with van der Waals surface area (Å²) >= 11 is 0. The molecule has 0 heterocycles. The molecule has 19 heavy (non-hydrogen) atoms. The molecule has 0 amide bonds. The maximum atomic E-state index is 13.8. The molecule has 1 N–H and O–H groups in total. The lowest BCUT2D eigenvalue weighted by molar-refractivity contribution is 0.305. The molecule has 0 saturated heterocycles. The Hall–Kier alpha value is -1.09. The molecule has 1 unspecified atom stereocenters. The van der Waals surface area contributed by atoms with Crippen LogP contribution in [0.1, 0.15) is 50.1 Å². The molecule has 1 aromatic carbocycles. The van der Waals surface area contributed by atoms with E-state index in [1.807, 2.05) is 13.1 Å². The van der Waals surface area contributed by atoms with Crippen molar-refractivity contribution in [2.75, 3.05) is 14.2 Å². The Kier molecular flexibility index (Phi) is 5.20. The van der Waals surface area contributed by atoms with Crippen molar-refractivity contribution >= 4 is 0 Å². The smallest absolute Gasteiger partial charge is 0.165 e. The number of halogens is 1. The van der Waals surface area contributed by atoms with Crippen molar-refractivity contribution in [1.82, 2.24) is 5.32 Å². The number of benzene rings is 1. The van der Waals surface area contributed by atoms with E-state index in [0.29, 0.717) is 5.75 Å². The summed E-state index contributed by atoms with van der Waals surface area (Å²) in [4.78, 5) is 0. The third-order valence-corrected chi connectivity index (χ3v) is 4.22. The van der Waals surface area contributed by atoms with Gasteiger partial charge in [0, 0.05) is 6.04 Å². The minimum absolute atomic E-state index is 0.239. The summed E-state index contributed by atoms with van der Waals surface area (Å²) < 4.78 is 18.7. The maximum absolute atomic E-state index is 13.8. The molecule has 106 valence electrons. The minimum Gasteiger partial charge on any atom is -0.494 e. The van der Waals surface area contributed by atoms with Gasteiger partial charge in [0.15, 0.2) is 11.6 Å². The van der Waals surface area contributed by atoms with Gasteiger partial charge in [-0.1, -0.05) is 38.2 Å². The van der Waals surface area contributed by atoms with Gasteiger partial charge in [0.25, 0.3) is 0 Å². The molecule has 0 bridgehead atoms. The molecule has 0 spiro atoms. The first-order valence-corrected chi connectivity index (χ1v) is 7.25. The zero-order chi connectivity index (χ0) is 13.7. The molecule has 1 aromatic rings. The largest absolute Gasteiger partial charge is 0.494 e. The van der Waals surface area contributed by atoms with Gasteiger partial charge in [-0.3, -0.25) is 0 Å². The van der Waals surface area contributed by atoms with Crippen LogP contribution in [0.2, 0.25) is 0 Å². The molecule has 1 aliphatic carbocycles. The van der Waals surface area contributed by atoms with Crippen LogP contribution in [0.3, 0.4) is 0 Å². The summed E-state index contributed by atoms with van der Waals surface area (Å²) in [5.41, 5.74) is 1.02. The topological polar surface area (TPSA) is 21.3 Å². The van der Waals surface area contributed by atoms with Crippen LogP contribution in [0.25, 0.3) is 0 Å². The molecule has 2 rings (SSSR count). The Morgan fingerprint density at radius 3 is 2.63 bits per heavy atom. The van der Waals surface area contributed by atoms with E-state index in [9.17, 15) is 4.39 Å². The molecular formula is C16H24FNO. The van der Waals surface area contributed by atoms with Gasteiger partial charge in [0.1, 0.15) is 0 Å². The third-order valence-electron chi connectivity index (χ3n) is 4.22. The van der Waals surface area contributed by atoms with E-state index in [4.69, 9.17) is 4.74 Å². The molecule has 0 aliphatic heterocycles. The molecule has 1 fully saturated rings. The number of rotatable bonds is 5. The number of ether oxygens (including phenoxy) is 1. The second kappa shape index (κ2) is 6.90. The number of hydrogen-bond acceptors (Lipinski definition) is 2. The Morgan fingerprint density at radius 2 is 2.05 bits per heavy atom. The van der Waals surface area contributed by atoms with Crippen LogP contribution in [0.5, 0.6) is 5.75 Å². The van der Waals surface area contributed by atoms with Gasteiger partial charge in [-0.15, -0.1) is 0 Å². The Balaban J connectivity index is 2.05. The fourth-order valence-electron chi connectivity index (χ4n) is 3.08. The molecule has 2 nitrogen and oxygen atoms in total. The second-order valence-corrected chi connectivity index (χ2v) is 5.47. The molecule has 1 saturated carbocycles. The summed E-state index contributed by atoms with van der Waals surface area (Å²) in [5, 5.41) is 3.32. The van der Waals surface area contributed by atoms with Crippen LogP contribution in [-0.4, -0.2) is 14.2 Å². The summed E-state index contributed by atoms with van der Waals surface area (Å²) in [6, 6.07) is 5.52. The van der Waals surface area contributed by atoms with E-state index >= 15 is 0 Å². The lowest BCUT2D eigenvalue weighted by Crippen LogP contribution is -2.21. The van der Waals surface area contributed by atoms with Gasteiger partial charge < -0.3 is 10.1 Å². The van der Waals surface area contributed by atoms with Crippen LogP contribution in [0.4, 0.5) is 4.39 Å². The van der Waals surface area contributed by atoms with Gasteiger partial charge in [-0.05, 0) is 37.1 Å². The van der Waals surface area contributed by atoms with Crippen LogP contribution in [0, 0.1) is 11.7 Å². The SMILES string of the molecule is CNC(CC1CCCCC1)c1ccc(OC)c(F)c1. The monoisotopic (exact) mass is 265 g/mol. The van der Waals surface area contributed by atoms with Gasteiger partial charge >= 0.3 is 0 Å². The lowest BCUT2D eigenvalue weighted by Gasteiger charge is -2.26. The van der Waals surface area contributed by atoms with Gasteiger partial charge in [-0.2, -0.15) is 0 Å². The van der Waals surface area contributed by atoms with Gasteiger partial charge in [-0.25, -0.2) is 4.39 Å². The van der Waals surface area contributed by atoms with Crippen LogP contribution >= 0.6 is 0 Å². The Bertz CT molecular complexity index is 402. The molecule has 3 heteroatoms. The van der Waals surface area contributed by atoms with E-state index in [2.05, 4.69) is 5.32 Å². The van der Waals surface area contributed by atoms with E-state index < -0.39 is 0 Å². The third kappa shape index (κ3) is 3.69. The number of hydrogen-bond donors (Lipinski definition) is 1. The van der Waals surface area contributed by atoms with E-state index in [0.717, 1.165) is 17.9 Å². The van der Waals surface area contributed by atoms with Crippen molar-refractivity contribution in [1.29, 1.82) is 0 Å². The quantitative estimate of drug-likeness (QED) is 0.866. The Morgan fingerprint density at radius 1 is 1.32 bits per heavy atom. The fourth-order valence-corrected chi connectivity index (χ4v) is 3.08. The van der Waals surface area contributed by atoms with E-state index in [1.54, 1.807) is 12.1 Å². The molecular weight excluding hydrogens is 241 g/mol. The van der Waals surface area contributed by atoms with Gasteiger partial charge in [0.05, 0.1) is 7.11 Å². The molecule has 1 atom stereocenters. The standard InChI is InChI=1S/C16H24FNO/c1-18-15(10-12-6-4-3-5-7-12)13-8-9-16(19-2)14(17)11-13/h8-9,11-12,15,18H,3-7,10H2,1-2H3. The average molecular weight is 265 g/mol. The summed E-state index contributed by atoms with van der Waals surface area (Å²) in [5.74, 6) is 0.816. The summed E-state index contributed by atoms with van der Waals surface area (Å²) in [6.07, 6.45) is 7.80. The normalized spacial score (nSPS) is 18.3. The molecule has 0 radical (unpaired) electrons. The number of nitrogens with one attached hydrogen (secondary N) is 1. The first-order chi connectivity index (χ1) is 9.24. The van der Waals surface area contributed by atoms with Crippen LogP contribution in [0.15, 0.2) is 18.2 Å². The molecule has 0 aromatic heterocycles. The van der Waals surface area contributed by atoms with Crippen molar-refractivity contribution in [2.45, 2.75) is 44.6 Å². The van der Waals surface area contributed by atoms with Crippen molar-refractivity contribution in [3.05, 3.63) is 29.6 Å². The summed E-state index contributed by atoms with van der Waals surface area (Å²) in [6.45, 7) is 0. The van der Waals surface area contributed by atoms with Crippen molar-refractivity contribution < 1.29 is 9.13 Å². The predicted octanol–water partition coefficient (Wildman–Crippen LogP) is 4.07. The van der Waals surface area contributed by atoms with Crippen molar-refractivity contribution in [3.63, 3.8) is 0 Å². The average Bonchev–Trinajstić information content (AvgIpc) is 2.46. The van der Waals surface area contributed by atoms with Crippen LogP contribution < -0.4 is 10.1 Å². The zero-order valence-electron chi connectivity index (χ0n) is 11.9. The van der Waals surface area contributed by atoms with Gasteiger partial charge in [0.2, 0.25) is 0 Å². The lowest BCUT2D eigenvalue weighted by atomic mass is 9.83. The van der Waals surface area contributed by atoms with Crippen LogP contribution in [-0.2, 0) is 0 Å². The van der Waals surface area contributed by atoms with Crippen molar-refractivity contribution in [3.8, 4) is 5.75 Å². The maximum Gasteiger partial charge on any atom is 0.165 e. The Labute approximate surface area is 115 Å². The highest BCUT2D eigenvalue weighted by Crippen LogP contribution is 2.32. The predicted molar refractivity (Wildman–Crippen MR) is 75.9 cm³/mol.